The van der Waals surface area contributed by atoms with Gasteiger partial charge in [0.1, 0.15) is 12.2 Å². The summed E-state index contributed by atoms with van der Waals surface area (Å²) in [5.74, 6) is -0.666. The summed E-state index contributed by atoms with van der Waals surface area (Å²) in [6, 6.07) is 0. The molecule has 0 spiro atoms. The fourth-order valence-corrected chi connectivity index (χ4v) is 1.07. The average molecular weight is 245 g/mol. The van der Waals surface area contributed by atoms with Crippen molar-refractivity contribution in [2.24, 2.45) is 16.5 Å². The molecule has 0 radical (unpaired) electrons. The molecule has 0 saturated carbocycles. The van der Waals surface area contributed by atoms with E-state index in [0.29, 0.717) is 24.4 Å². The first-order chi connectivity index (χ1) is 7.79. The lowest BCUT2D eigenvalue weighted by molar-refractivity contribution is -0.142. The number of allylic oxidation sites excluding steroid dienone is 1. The second-order valence-corrected chi connectivity index (χ2v) is 4.20. The largest absolute Gasteiger partial charge is 0.480 e. The molecular formula is C11H20FN3O2. The lowest BCUT2D eigenvalue weighted by Gasteiger charge is -2.19. The van der Waals surface area contributed by atoms with E-state index in [1.165, 1.54) is 6.92 Å². The van der Waals surface area contributed by atoms with Crippen molar-refractivity contribution in [3.05, 3.63) is 11.6 Å². The van der Waals surface area contributed by atoms with E-state index < -0.39 is 18.2 Å². The van der Waals surface area contributed by atoms with Crippen LogP contribution in [0.5, 0.6) is 0 Å². The quantitative estimate of drug-likeness (QED) is 0.351. The van der Waals surface area contributed by atoms with Crippen LogP contribution >= 0.6 is 0 Å². The number of rotatable bonds is 7. The van der Waals surface area contributed by atoms with E-state index in [-0.39, 0.29) is 6.42 Å². The second kappa shape index (κ2) is 7.01. The minimum absolute atomic E-state index is 0.184. The van der Waals surface area contributed by atoms with E-state index in [0.717, 1.165) is 0 Å². The summed E-state index contributed by atoms with van der Waals surface area (Å²) < 4.78 is 12.6. The molecule has 1 atom stereocenters. The van der Waals surface area contributed by atoms with Gasteiger partial charge >= 0.3 is 5.97 Å². The Kier molecular flexibility index (Phi) is 6.42. The van der Waals surface area contributed by atoms with Crippen LogP contribution in [0.4, 0.5) is 4.39 Å². The van der Waals surface area contributed by atoms with E-state index in [2.05, 4.69) is 4.99 Å². The Labute approximate surface area is 100 Å². The first kappa shape index (κ1) is 15.6. The molecule has 6 heteroatoms. The molecule has 17 heavy (non-hydrogen) atoms. The number of carboxylic acids is 1. The topological polar surface area (TPSA) is 102 Å². The van der Waals surface area contributed by atoms with E-state index in [1.807, 2.05) is 0 Å². The third-order valence-electron chi connectivity index (χ3n) is 2.35. The van der Waals surface area contributed by atoms with Gasteiger partial charge in [0, 0.05) is 0 Å². The Morgan fingerprint density at radius 1 is 1.59 bits per heavy atom. The van der Waals surface area contributed by atoms with Gasteiger partial charge in [0.15, 0.2) is 0 Å². The fourth-order valence-electron chi connectivity index (χ4n) is 1.07. The van der Waals surface area contributed by atoms with Gasteiger partial charge in [-0.15, -0.1) is 0 Å². The predicted octanol–water partition coefficient (Wildman–Crippen LogP) is 0.842. The number of amidine groups is 1. The Hall–Kier alpha value is -1.43. The summed E-state index contributed by atoms with van der Waals surface area (Å²) >= 11 is 0. The molecule has 98 valence electrons. The Morgan fingerprint density at radius 3 is 2.59 bits per heavy atom. The summed E-state index contributed by atoms with van der Waals surface area (Å²) in [5, 5.41) is 8.80. The summed E-state index contributed by atoms with van der Waals surface area (Å²) in [7, 11) is 0. The number of nitrogens with two attached hydrogens (primary N) is 2. The molecule has 0 bridgehead atoms. The van der Waals surface area contributed by atoms with Gasteiger partial charge in [-0.05, 0) is 32.3 Å². The molecule has 0 aromatic carbocycles. The number of hydrogen-bond donors (Lipinski definition) is 3. The van der Waals surface area contributed by atoms with Crippen LogP contribution in [0, 0.1) is 0 Å². The van der Waals surface area contributed by atoms with Gasteiger partial charge in [0.25, 0.3) is 0 Å². The number of alkyl halides is 1. The van der Waals surface area contributed by atoms with Gasteiger partial charge in [0.2, 0.25) is 0 Å². The zero-order valence-electron chi connectivity index (χ0n) is 10.2. The molecule has 0 aromatic rings. The number of carboxylic acid groups (broad SMARTS) is 1. The van der Waals surface area contributed by atoms with Gasteiger partial charge in [-0.3, -0.25) is 9.79 Å². The number of carbonyl (C=O) groups is 1. The van der Waals surface area contributed by atoms with Crippen molar-refractivity contribution in [1.29, 1.82) is 0 Å². The molecule has 0 rings (SSSR count). The minimum atomic E-state index is -1.33. The van der Waals surface area contributed by atoms with E-state index >= 15 is 0 Å². The molecule has 0 amide bonds. The number of aliphatic carboxylic acids is 1. The maximum Gasteiger partial charge on any atom is 0.323 e. The summed E-state index contributed by atoms with van der Waals surface area (Å²) in [6.45, 7) is 2.72. The number of hydrogen-bond acceptors (Lipinski definition) is 3. The molecule has 0 saturated heterocycles. The van der Waals surface area contributed by atoms with Gasteiger partial charge in [-0.25, -0.2) is 4.39 Å². The van der Waals surface area contributed by atoms with E-state index in [1.54, 1.807) is 13.0 Å². The SMILES string of the molecule is CC(N)=NC/C=C(/CF)CCC(C)(N)C(=O)O. The highest BCUT2D eigenvalue weighted by Gasteiger charge is 2.27. The average Bonchev–Trinajstić information content (AvgIpc) is 2.22. The van der Waals surface area contributed by atoms with E-state index in [4.69, 9.17) is 16.6 Å². The maximum absolute atomic E-state index is 12.6. The molecule has 1 unspecified atom stereocenters. The first-order valence-electron chi connectivity index (χ1n) is 5.32. The third-order valence-corrected chi connectivity index (χ3v) is 2.35. The molecular weight excluding hydrogens is 225 g/mol. The molecule has 0 aromatic heterocycles. The summed E-state index contributed by atoms with van der Waals surface area (Å²) in [4.78, 5) is 14.6. The van der Waals surface area contributed by atoms with Crippen molar-refractivity contribution in [2.75, 3.05) is 13.2 Å². The number of aliphatic imine (C=N–C) groups is 1. The maximum atomic E-state index is 12.6. The minimum Gasteiger partial charge on any atom is -0.480 e. The summed E-state index contributed by atoms with van der Waals surface area (Å²) in [5.41, 5.74) is 10.0. The van der Waals surface area contributed by atoms with Crippen molar-refractivity contribution >= 4 is 11.8 Å². The van der Waals surface area contributed by atoms with Crippen LogP contribution in [0.25, 0.3) is 0 Å². The normalized spacial score (nSPS) is 16.7. The first-order valence-corrected chi connectivity index (χ1v) is 5.32. The van der Waals surface area contributed by atoms with Crippen molar-refractivity contribution in [2.45, 2.75) is 32.2 Å². The lowest BCUT2D eigenvalue weighted by Crippen LogP contribution is -2.44. The number of nitrogens with zero attached hydrogens (tertiary/aromatic N) is 1. The Balaban J connectivity index is 4.33. The van der Waals surface area contributed by atoms with Gasteiger partial charge in [-0.2, -0.15) is 0 Å². The molecule has 5 N–H and O–H groups in total. The predicted molar refractivity (Wildman–Crippen MR) is 65.7 cm³/mol. The van der Waals surface area contributed by atoms with Crippen LogP contribution in [0.1, 0.15) is 26.7 Å². The molecule has 5 nitrogen and oxygen atoms in total. The van der Waals surface area contributed by atoms with Gasteiger partial charge in [0.05, 0.1) is 12.4 Å². The fraction of sp³-hybridized carbons (Fsp3) is 0.636. The third kappa shape index (κ3) is 6.68. The van der Waals surface area contributed by atoms with Crippen LogP contribution in [-0.2, 0) is 4.79 Å². The van der Waals surface area contributed by atoms with Crippen molar-refractivity contribution in [3.8, 4) is 0 Å². The zero-order chi connectivity index (χ0) is 13.5. The van der Waals surface area contributed by atoms with Crippen molar-refractivity contribution in [3.63, 3.8) is 0 Å². The zero-order valence-corrected chi connectivity index (χ0v) is 10.2. The highest BCUT2D eigenvalue weighted by molar-refractivity contribution is 5.78. The molecule has 0 fully saturated rings. The standard InChI is InChI=1S/C11H20FN3O2/c1-8(13)15-6-4-9(7-12)3-5-11(2,14)10(16)17/h4H,3,5-7,14H2,1-2H3,(H2,13,15)(H,16,17)/b9-4+. The molecule has 0 aliphatic carbocycles. The van der Waals surface area contributed by atoms with Crippen LogP contribution in [0.15, 0.2) is 16.6 Å². The van der Waals surface area contributed by atoms with Crippen LogP contribution in [-0.4, -0.2) is 35.7 Å². The highest BCUT2D eigenvalue weighted by atomic mass is 19.1. The lowest BCUT2D eigenvalue weighted by atomic mass is 9.94. The Bertz CT molecular complexity index is 321. The smallest absolute Gasteiger partial charge is 0.323 e. The Morgan fingerprint density at radius 2 is 2.18 bits per heavy atom. The molecule has 0 aliphatic heterocycles. The van der Waals surface area contributed by atoms with Gasteiger partial charge in [-0.1, -0.05) is 6.08 Å². The van der Waals surface area contributed by atoms with E-state index in [9.17, 15) is 9.18 Å². The summed E-state index contributed by atoms with van der Waals surface area (Å²) in [6.07, 6.45) is 2.09. The van der Waals surface area contributed by atoms with Crippen LogP contribution in [0.3, 0.4) is 0 Å². The monoisotopic (exact) mass is 245 g/mol. The number of halogens is 1. The highest BCUT2D eigenvalue weighted by Crippen LogP contribution is 2.14. The van der Waals surface area contributed by atoms with Crippen LogP contribution < -0.4 is 11.5 Å². The van der Waals surface area contributed by atoms with Crippen molar-refractivity contribution < 1.29 is 14.3 Å². The van der Waals surface area contributed by atoms with Gasteiger partial charge < -0.3 is 16.6 Å². The van der Waals surface area contributed by atoms with Crippen LogP contribution in [0.2, 0.25) is 0 Å². The second-order valence-electron chi connectivity index (χ2n) is 4.20. The molecule has 0 heterocycles. The van der Waals surface area contributed by atoms with Crippen molar-refractivity contribution in [1.82, 2.24) is 0 Å². The molecule has 0 aliphatic rings.